The smallest absolute Gasteiger partial charge is 0.341 e. The van der Waals surface area contributed by atoms with Crippen LogP contribution in [0.2, 0.25) is 0 Å². The fourth-order valence-corrected chi connectivity index (χ4v) is 2.98. The van der Waals surface area contributed by atoms with Crippen LogP contribution in [0, 0.1) is 19.3 Å². The van der Waals surface area contributed by atoms with Crippen molar-refractivity contribution in [1.82, 2.24) is 15.1 Å². The van der Waals surface area contributed by atoms with Crippen LogP contribution in [0.15, 0.2) is 40.7 Å². The Morgan fingerprint density at radius 1 is 1.24 bits per heavy atom. The lowest BCUT2D eigenvalue weighted by molar-refractivity contribution is 0.0525. The number of nitrogens with one attached hydrogen (secondary N) is 1. The molecule has 1 N–H and O–H groups in total. The van der Waals surface area contributed by atoms with E-state index in [0.29, 0.717) is 49.2 Å². The zero-order chi connectivity index (χ0) is 20.9. The number of carbonyl (C=O) groups is 2. The highest BCUT2D eigenvalue weighted by Crippen LogP contribution is 2.36. The van der Waals surface area contributed by atoms with Crippen LogP contribution in [0.5, 0.6) is 0 Å². The van der Waals surface area contributed by atoms with Crippen molar-refractivity contribution in [2.75, 3.05) is 13.2 Å². The molecule has 0 aliphatic carbocycles. The lowest BCUT2D eigenvalue weighted by Crippen LogP contribution is -2.28. The van der Waals surface area contributed by atoms with Crippen LogP contribution >= 0.6 is 0 Å². The number of hydrogen-bond acceptors (Lipinski definition) is 6. The molecule has 1 aromatic heterocycles. The first kappa shape index (κ1) is 20.3. The average Bonchev–Trinajstić information content (AvgIpc) is 3.39. The topological polar surface area (TPSA) is 97.9 Å². The Bertz CT molecular complexity index is 963. The van der Waals surface area contributed by atoms with Crippen molar-refractivity contribution >= 4 is 11.9 Å². The summed E-state index contributed by atoms with van der Waals surface area (Å²) >= 11 is 0. The van der Waals surface area contributed by atoms with Gasteiger partial charge >= 0.3 is 5.97 Å². The van der Waals surface area contributed by atoms with Crippen LogP contribution in [-0.4, -0.2) is 40.5 Å². The molecule has 0 saturated heterocycles. The van der Waals surface area contributed by atoms with Crippen LogP contribution in [0.4, 0.5) is 0 Å². The molecule has 0 bridgehead atoms. The van der Waals surface area contributed by atoms with E-state index in [9.17, 15) is 9.59 Å². The standard InChI is InChI=1S/C21H23N5O3/c1-4-6-11-21(24-25-21)12-13-22-19(27)16-7-9-17(10-8-16)26-15(3)18(14-23-26)20(28)29-5-2/h1,7-10,14H,5-6,11-13H2,2-3H3,(H,22,27). The zero-order valence-electron chi connectivity index (χ0n) is 16.5. The van der Waals surface area contributed by atoms with Crippen molar-refractivity contribution in [3.8, 4) is 18.0 Å². The monoisotopic (exact) mass is 393 g/mol. The second-order valence-corrected chi connectivity index (χ2v) is 6.72. The highest BCUT2D eigenvalue weighted by molar-refractivity contribution is 5.94. The van der Waals surface area contributed by atoms with E-state index in [1.807, 2.05) is 0 Å². The third-order valence-electron chi connectivity index (χ3n) is 4.74. The lowest BCUT2D eigenvalue weighted by Gasteiger charge is -2.10. The van der Waals surface area contributed by atoms with Gasteiger partial charge in [-0.1, -0.05) is 0 Å². The number of benzene rings is 1. The molecule has 29 heavy (non-hydrogen) atoms. The Kier molecular flexibility index (Phi) is 6.07. The van der Waals surface area contributed by atoms with Gasteiger partial charge in [-0.05, 0) is 38.1 Å². The van der Waals surface area contributed by atoms with Crippen LogP contribution in [0.3, 0.4) is 0 Å². The van der Waals surface area contributed by atoms with E-state index >= 15 is 0 Å². The first-order valence-electron chi connectivity index (χ1n) is 9.47. The molecule has 2 heterocycles. The van der Waals surface area contributed by atoms with Crippen LogP contribution in [0.1, 0.15) is 52.6 Å². The molecule has 2 aromatic rings. The molecule has 1 aromatic carbocycles. The second-order valence-electron chi connectivity index (χ2n) is 6.72. The molecule has 0 radical (unpaired) electrons. The number of amides is 1. The Morgan fingerprint density at radius 3 is 2.59 bits per heavy atom. The van der Waals surface area contributed by atoms with Gasteiger partial charge in [-0.2, -0.15) is 15.3 Å². The van der Waals surface area contributed by atoms with Crippen molar-refractivity contribution < 1.29 is 14.3 Å². The van der Waals surface area contributed by atoms with E-state index in [1.165, 1.54) is 6.20 Å². The van der Waals surface area contributed by atoms with E-state index in [2.05, 4.69) is 26.6 Å². The van der Waals surface area contributed by atoms with Gasteiger partial charge in [0, 0.05) is 31.4 Å². The number of rotatable bonds is 9. The summed E-state index contributed by atoms with van der Waals surface area (Å²) in [5.41, 5.74) is 1.97. The molecule has 0 fully saturated rings. The van der Waals surface area contributed by atoms with E-state index < -0.39 is 11.6 Å². The fourth-order valence-electron chi connectivity index (χ4n) is 2.98. The minimum absolute atomic E-state index is 0.173. The minimum Gasteiger partial charge on any atom is -0.462 e. The van der Waals surface area contributed by atoms with Crippen LogP contribution in [0.25, 0.3) is 5.69 Å². The third kappa shape index (κ3) is 4.69. The Morgan fingerprint density at radius 2 is 1.97 bits per heavy atom. The maximum atomic E-state index is 12.4. The first-order chi connectivity index (χ1) is 14.0. The SMILES string of the molecule is C#CCCC1(CCNC(=O)c2ccc(-n3ncc(C(=O)OCC)c3C)cc2)N=N1. The molecule has 8 nitrogen and oxygen atoms in total. The Labute approximate surface area is 169 Å². The van der Waals surface area contributed by atoms with Crippen molar-refractivity contribution in [1.29, 1.82) is 0 Å². The van der Waals surface area contributed by atoms with Gasteiger partial charge in [-0.3, -0.25) is 4.79 Å². The number of nitrogens with zero attached hydrogens (tertiary/aromatic N) is 4. The van der Waals surface area contributed by atoms with Gasteiger partial charge < -0.3 is 10.1 Å². The zero-order valence-corrected chi connectivity index (χ0v) is 16.5. The molecule has 0 unspecified atom stereocenters. The van der Waals surface area contributed by atoms with Gasteiger partial charge in [0.2, 0.25) is 0 Å². The van der Waals surface area contributed by atoms with Crippen molar-refractivity contribution in [2.45, 2.75) is 38.8 Å². The molecule has 1 aliphatic rings. The summed E-state index contributed by atoms with van der Waals surface area (Å²) in [6.07, 6.45) is 8.73. The Hall–Kier alpha value is -3.47. The van der Waals surface area contributed by atoms with Gasteiger partial charge in [0.25, 0.3) is 5.91 Å². The summed E-state index contributed by atoms with van der Waals surface area (Å²) in [5.74, 6) is 2.01. The van der Waals surface area contributed by atoms with Gasteiger partial charge in [0.1, 0.15) is 5.56 Å². The summed E-state index contributed by atoms with van der Waals surface area (Å²) in [6, 6.07) is 7.00. The maximum absolute atomic E-state index is 12.4. The molecule has 1 aliphatic heterocycles. The number of carbonyl (C=O) groups excluding carboxylic acids is 2. The fraction of sp³-hybridized carbons (Fsp3) is 0.381. The van der Waals surface area contributed by atoms with Crippen molar-refractivity contribution in [2.24, 2.45) is 10.2 Å². The summed E-state index contributed by atoms with van der Waals surface area (Å²) in [5, 5.41) is 15.2. The third-order valence-corrected chi connectivity index (χ3v) is 4.74. The number of terminal acetylenes is 1. The number of aromatic nitrogens is 2. The Balaban J connectivity index is 1.58. The number of hydrogen-bond donors (Lipinski definition) is 1. The molecule has 3 rings (SSSR count). The predicted octanol–water partition coefficient (Wildman–Crippen LogP) is 3.05. The summed E-state index contributed by atoms with van der Waals surface area (Å²) in [7, 11) is 0. The highest BCUT2D eigenvalue weighted by Gasteiger charge is 2.38. The van der Waals surface area contributed by atoms with E-state index in [-0.39, 0.29) is 5.91 Å². The number of ether oxygens (including phenoxy) is 1. The molecular weight excluding hydrogens is 370 g/mol. The van der Waals surface area contributed by atoms with E-state index in [0.717, 1.165) is 5.69 Å². The first-order valence-corrected chi connectivity index (χ1v) is 9.47. The van der Waals surface area contributed by atoms with E-state index in [1.54, 1.807) is 42.8 Å². The van der Waals surface area contributed by atoms with Gasteiger partial charge in [-0.15, -0.1) is 12.3 Å². The summed E-state index contributed by atoms with van der Waals surface area (Å²) in [6.45, 7) is 4.33. The molecule has 0 spiro atoms. The van der Waals surface area contributed by atoms with Crippen molar-refractivity contribution in [3.63, 3.8) is 0 Å². The van der Waals surface area contributed by atoms with Gasteiger partial charge in [0.05, 0.1) is 24.2 Å². The van der Waals surface area contributed by atoms with E-state index in [4.69, 9.17) is 11.2 Å². The molecule has 8 heteroatoms. The lowest BCUT2D eigenvalue weighted by atomic mass is 10.0. The maximum Gasteiger partial charge on any atom is 0.341 e. The molecule has 0 saturated carbocycles. The summed E-state index contributed by atoms with van der Waals surface area (Å²) in [4.78, 5) is 24.3. The van der Waals surface area contributed by atoms with Gasteiger partial charge in [-0.25, -0.2) is 9.48 Å². The second kappa shape index (κ2) is 8.69. The van der Waals surface area contributed by atoms with Crippen LogP contribution < -0.4 is 5.32 Å². The largest absolute Gasteiger partial charge is 0.462 e. The molecule has 0 atom stereocenters. The molecule has 150 valence electrons. The normalized spacial score (nSPS) is 13.6. The molecular formula is C21H23N5O3. The quantitative estimate of drug-likeness (QED) is 0.523. The minimum atomic E-state index is -0.405. The summed E-state index contributed by atoms with van der Waals surface area (Å²) < 4.78 is 6.67. The molecule has 1 amide bonds. The number of esters is 1. The highest BCUT2D eigenvalue weighted by atomic mass is 16.5. The predicted molar refractivity (Wildman–Crippen MR) is 107 cm³/mol. The van der Waals surface area contributed by atoms with Gasteiger partial charge in [0.15, 0.2) is 5.66 Å². The van der Waals surface area contributed by atoms with Crippen molar-refractivity contribution in [3.05, 3.63) is 47.3 Å². The van der Waals surface area contributed by atoms with Crippen LogP contribution in [-0.2, 0) is 4.74 Å². The average molecular weight is 393 g/mol.